The lowest BCUT2D eigenvalue weighted by atomic mass is 10.1. The Bertz CT molecular complexity index is 1180. The van der Waals surface area contributed by atoms with Gasteiger partial charge in [-0.15, -0.1) is 18.3 Å². The van der Waals surface area contributed by atoms with E-state index in [9.17, 15) is 18.0 Å². The molecule has 0 aliphatic heterocycles. The van der Waals surface area contributed by atoms with E-state index in [0.29, 0.717) is 28.9 Å². The van der Waals surface area contributed by atoms with Gasteiger partial charge in [-0.1, -0.05) is 0 Å². The van der Waals surface area contributed by atoms with Crippen molar-refractivity contribution in [2.24, 2.45) is 0 Å². The Labute approximate surface area is 155 Å². The van der Waals surface area contributed by atoms with Crippen molar-refractivity contribution in [3.8, 4) is 22.6 Å². The van der Waals surface area contributed by atoms with Crippen LogP contribution in [0.1, 0.15) is 6.92 Å². The van der Waals surface area contributed by atoms with Crippen molar-refractivity contribution < 1.29 is 17.9 Å². The summed E-state index contributed by atoms with van der Waals surface area (Å²) >= 11 is 0. The van der Waals surface area contributed by atoms with E-state index in [0.717, 1.165) is 12.1 Å². The molecule has 3 heterocycles. The van der Waals surface area contributed by atoms with Gasteiger partial charge in [0.15, 0.2) is 5.52 Å². The molecule has 0 spiro atoms. The molecule has 4 aromatic rings. The lowest BCUT2D eigenvalue weighted by Crippen LogP contribution is -2.19. The number of nitrogens with one attached hydrogen (secondary N) is 1. The molecule has 8 nitrogen and oxygen atoms in total. The Hall–Kier alpha value is -3.63. The Morgan fingerprint density at radius 1 is 1.14 bits per heavy atom. The van der Waals surface area contributed by atoms with Crippen molar-refractivity contribution in [1.29, 1.82) is 0 Å². The van der Waals surface area contributed by atoms with Gasteiger partial charge in [0, 0.05) is 29.2 Å². The Morgan fingerprint density at radius 3 is 2.46 bits per heavy atom. The summed E-state index contributed by atoms with van der Waals surface area (Å²) in [7, 11) is 0. The molecule has 0 saturated heterocycles. The van der Waals surface area contributed by atoms with Gasteiger partial charge < -0.3 is 4.74 Å². The number of fused-ring (bicyclic) bond motifs is 1. The molecule has 0 unspecified atom stereocenters. The second kappa shape index (κ2) is 6.51. The predicted octanol–water partition coefficient (Wildman–Crippen LogP) is 2.89. The molecular formula is C17H13F3N6O2. The molecule has 0 saturated carbocycles. The van der Waals surface area contributed by atoms with Crippen LogP contribution in [0.5, 0.6) is 5.75 Å². The topological polar surface area (TPSA) is 90.6 Å². The highest BCUT2D eigenvalue weighted by atomic mass is 19.4. The molecule has 0 amide bonds. The van der Waals surface area contributed by atoms with E-state index < -0.39 is 11.9 Å². The zero-order chi connectivity index (χ0) is 19.9. The van der Waals surface area contributed by atoms with E-state index in [1.165, 1.54) is 21.5 Å². The zero-order valence-corrected chi connectivity index (χ0v) is 14.4. The average Bonchev–Trinajstić information content (AvgIpc) is 3.32. The van der Waals surface area contributed by atoms with Crippen LogP contribution in [0.15, 0.2) is 47.7 Å². The van der Waals surface area contributed by atoms with Crippen molar-refractivity contribution in [1.82, 2.24) is 29.8 Å². The molecule has 0 atom stereocenters. The largest absolute Gasteiger partial charge is 0.573 e. The number of nitrogens with zero attached hydrogens (tertiary/aromatic N) is 5. The fraction of sp³-hybridized carbons (Fsp3) is 0.176. The van der Waals surface area contributed by atoms with Crippen molar-refractivity contribution in [3.63, 3.8) is 0 Å². The number of alkyl halides is 3. The van der Waals surface area contributed by atoms with Gasteiger partial charge in [0.25, 0.3) is 5.56 Å². The lowest BCUT2D eigenvalue weighted by molar-refractivity contribution is -0.274. The first-order valence-corrected chi connectivity index (χ1v) is 8.21. The van der Waals surface area contributed by atoms with Gasteiger partial charge in [0.05, 0.1) is 12.7 Å². The smallest absolute Gasteiger partial charge is 0.406 e. The molecule has 3 aromatic heterocycles. The van der Waals surface area contributed by atoms with Crippen LogP contribution < -0.4 is 10.3 Å². The highest BCUT2D eigenvalue weighted by Crippen LogP contribution is 2.26. The van der Waals surface area contributed by atoms with Crippen molar-refractivity contribution in [3.05, 3.63) is 53.2 Å². The Balaban J connectivity index is 1.88. The Kier molecular flexibility index (Phi) is 4.13. The number of H-pyrrole nitrogens is 1. The third-order valence-corrected chi connectivity index (χ3v) is 4.03. The second-order valence-corrected chi connectivity index (χ2v) is 5.83. The number of aromatic nitrogens is 6. The van der Waals surface area contributed by atoms with Crippen LogP contribution in [0.2, 0.25) is 0 Å². The molecule has 28 heavy (non-hydrogen) atoms. The normalized spacial score (nSPS) is 11.9. The van der Waals surface area contributed by atoms with Gasteiger partial charge in [0.1, 0.15) is 11.3 Å². The molecule has 11 heteroatoms. The number of rotatable bonds is 4. The lowest BCUT2D eigenvalue weighted by Gasteiger charge is -2.11. The first kappa shape index (κ1) is 17.8. The molecule has 1 N–H and O–H groups in total. The van der Waals surface area contributed by atoms with Crippen molar-refractivity contribution in [2.75, 3.05) is 0 Å². The number of hydrogen-bond donors (Lipinski definition) is 1. The van der Waals surface area contributed by atoms with Crippen molar-refractivity contribution >= 4 is 11.0 Å². The molecule has 0 radical (unpaired) electrons. The van der Waals surface area contributed by atoms with E-state index in [1.807, 2.05) is 6.92 Å². The predicted molar refractivity (Wildman–Crippen MR) is 93.1 cm³/mol. The average molecular weight is 390 g/mol. The Morgan fingerprint density at radius 2 is 1.86 bits per heavy atom. The minimum atomic E-state index is -4.79. The van der Waals surface area contributed by atoms with Crippen LogP contribution >= 0.6 is 0 Å². The molecule has 1 aromatic carbocycles. The molecule has 144 valence electrons. The number of aryl methyl sites for hydroxylation is 1. The first-order chi connectivity index (χ1) is 13.4. The summed E-state index contributed by atoms with van der Waals surface area (Å²) in [6.07, 6.45) is -0.00214. The van der Waals surface area contributed by atoms with Gasteiger partial charge in [-0.3, -0.25) is 14.5 Å². The number of ether oxygens (including phenoxy) is 1. The maximum atomic E-state index is 12.9. The van der Waals surface area contributed by atoms with Crippen molar-refractivity contribution in [2.45, 2.75) is 19.8 Å². The number of halogens is 3. The first-order valence-electron chi connectivity index (χ1n) is 8.21. The summed E-state index contributed by atoms with van der Waals surface area (Å²) in [6.45, 7) is 2.32. The number of benzene rings is 1. The summed E-state index contributed by atoms with van der Waals surface area (Å²) in [5.74, 6) is -0.377. The molecule has 0 fully saturated rings. The molecule has 4 rings (SSSR count). The number of aromatic amines is 1. The molecule has 0 bridgehead atoms. The standard InChI is InChI=1S/C17H13F3N6O2/c1-2-26-23-14-13(10-7-21-22-8-10)9-25(16(27)15(14)24-26)11-3-5-12(6-4-11)28-17(18,19)20/h3-9H,2H2,1H3,(H,21,22). The maximum absolute atomic E-state index is 12.9. The van der Waals surface area contributed by atoms with Gasteiger partial charge >= 0.3 is 6.36 Å². The summed E-state index contributed by atoms with van der Waals surface area (Å²) in [5.41, 5.74) is 1.79. The zero-order valence-electron chi connectivity index (χ0n) is 14.4. The maximum Gasteiger partial charge on any atom is 0.573 e. The number of pyridine rings is 1. The van der Waals surface area contributed by atoms with Crippen LogP contribution in [-0.2, 0) is 6.54 Å². The highest BCUT2D eigenvalue weighted by molar-refractivity contribution is 5.90. The SMILES string of the molecule is CCn1nc2c(-c3cn[nH]c3)cn(-c3ccc(OC(F)(F)F)cc3)c(=O)c2n1. The van der Waals surface area contributed by atoms with E-state index >= 15 is 0 Å². The van der Waals surface area contributed by atoms with Crippen LogP contribution in [0.25, 0.3) is 27.8 Å². The second-order valence-electron chi connectivity index (χ2n) is 5.83. The fourth-order valence-corrected chi connectivity index (χ4v) is 2.79. The fourth-order valence-electron chi connectivity index (χ4n) is 2.79. The molecule has 0 aliphatic rings. The summed E-state index contributed by atoms with van der Waals surface area (Å²) in [6, 6.07) is 5.00. The van der Waals surface area contributed by atoms with E-state index in [2.05, 4.69) is 25.1 Å². The van der Waals surface area contributed by atoms with Crippen LogP contribution in [0.4, 0.5) is 13.2 Å². The van der Waals surface area contributed by atoms with Gasteiger partial charge in [-0.25, -0.2) is 0 Å². The van der Waals surface area contributed by atoms with Gasteiger partial charge in [-0.2, -0.15) is 15.0 Å². The summed E-state index contributed by atoms with van der Waals surface area (Å²) < 4.78 is 42.2. The minimum absolute atomic E-state index is 0.149. The van der Waals surface area contributed by atoms with E-state index in [-0.39, 0.29) is 11.3 Å². The monoisotopic (exact) mass is 390 g/mol. The minimum Gasteiger partial charge on any atom is -0.406 e. The van der Waals surface area contributed by atoms with Crippen LogP contribution in [-0.4, -0.2) is 36.1 Å². The third-order valence-electron chi connectivity index (χ3n) is 4.03. The van der Waals surface area contributed by atoms with E-state index in [1.54, 1.807) is 18.6 Å². The molecule has 0 aliphatic carbocycles. The summed E-state index contributed by atoms with van der Waals surface area (Å²) in [4.78, 5) is 14.3. The summed E-state index contributed by atoms with van der Waals surface area (Å²) in [5, 5.41) is 15.2. The quantitative estimate of drug-likeness (QED) is 0.579. The number of hydrogen-bond acceptors (Lipinski definition) is 5. The van der Waals surface area contributed by atoms with Crippen LogP contribution in [0.3, 0.4) is 0 Å². The third kappa shape index (κ3) is 3.21. The van der Waals surface area contributed by atoms with Gasteiger partial charge in [0.2, 0.25) is 0 Å². The van der Waals surface area contributed by atoms with Gasteiger partial charge in [-0.05, 0) is 31.2 Å². The van der Waals surface area contributed by atoms with E-state index in [4.69, 9.17) is 0 Å². The molecular weight excluding hydrogens is 377 g/mol. The highest BCUT2D eigenvalue weighted by Gasteiger charge is 2.31. The van der Waals surface area contributed by atoms with Crippen LogP contribution in [0, 0.1) is 0 Å².